The normalized spacial score (nSPS) is 15.2. The molecule has 0 spiro atoms. The van der Waals surface area contributed by atoms with Crippen LogP contribution in [0.3, 0.4) is 0 Å². The maximum atomic E-state index is 10.4. The zero-order chi connectivity index (χ0) is 8.20. The molecule has 1 N–H and O–H groups in total. The monoisotopic (exact) mass is 165 g/mol. The van der Waals surface area contributed by atoms with Gasteiger partial charge in [-0.3, -0.25) is 4.21 Å². The predicted octanol–water partition coefficient (Wildman–Crippen LogP) is 0.417. The topological polar surface area (TPSA) is 60.4 Å². The van der Waals surface area contributed by atoms with Gasteiger partial charge in [-0.05, 0) is 37.8 Å². The predicted molar refractivity (Wildman–Crippen MR) is 39.3 cm³/mol. The molecule has 0 aliphatic heterocycles. The van der Waals surface area contributed by atoms with E-state index in [4.69, 9.17) is 5.11 Å². The van der Waals surface area contributed by atoms with E-state index in [0.717, 1.165) is 0 Å². The molecule has 0 aliphatic carbocycles. The minimum Gasteiger partial charge on any atom is -0.772 e. The SMILES string of the molecule is CC(C)(CCCO)S(=O)[O-]. The Kier molecular flexibility index (Phi) is 4.08. The van der Waals surface area contributed by atoms with Crippen LogP contribution in [-0.4, -0.2) is 25.2 Å². The van der Waals surface area contributed by atoms with Crippen molar-refractivity contribution >= 4 is 11.1 Å². The van der Waals surface area contributed by atoms with E-state index in [9.17, 15) is 8.76 Å². The molecule has 4 heteroatoms. The summed E-state index contributed by atoms with van der Waals surface area (Å²) in [7, 11) is 0. The summed E-state index contributed by atoms with van der Waals surface area (Å²) in [6.45, 7) is 3.35. The van der Waals surface area contributed by atoms with Crippen molar-refractivity contribution in [3.05, 3.63) is 0 Å². The van der Waals surface area contributed by atoms with Gasteiger partial charge in [0.25, 0.3) is 0 Å². The summed E-state index contributed by atoms with van der Waals surface area (Å²) < 4.78 is 20.2. The van der Waals surface area contributed by atoms with Gasteiger partial charge in [-0.1, -0.05) is 0 Å². The van der Waals surface area contributed by atoms with Crippen LogP contribution < -0.4 is 0 Å². The van der Waals surface area contributed by atoms with Crippen molar-refractivity contribution < 1.29 is 13.9 Å². The van der Waals surface area contributed by atoms with E-state index in [-0.39, 0.29) is 6.61 Å². The first-order chi connectivity index (χ1) is 4.50. The summed E-state index contributed by atoms with van der Waals surface area (Å²) in [4.78, 5) is 0. The lowest BCUT2D eigenvalue weighted by atomic mass is 10.1. The Morgan fingerprint density at radius 1 is 1.60 bits per heavy atom. The third kappa shape index (κ3) is 3.29. The molecule has 0 aromatic rings. The zero-order valence-electron chi connectivity index (χ0n) is 6.29. The number of aliphatic hydroxyl groups excluding tert-OH is 1. The van der Waals surface area contributed by atoms with E-state index >= 15 is 0 Å². The van der Waals surface area contributed by atoms with Gasteiger partial charge >= 0.3 is 0 Å². The Morgan fingerprint density at radius 2 is 2.10 bits per heavy atom. The summed E-state index contributed by atoms with van der Waals surface area (Å²) in [5, 5.41) is 8.41. The summed E-state index contributed by atoms with van der Waals surface area (Å²) in [5.74, 6) is 0. The van der Waals surface area contributed by atoms with Gasteiger partial charge in [0.1, 0.15) is 0 Å². The van der Waals surface area contributed by atoms with Crippen molar-refractivity contribution in [3.8, 4) is 0 Å². The molecule has 0 bridgehead atoms. The molecule has 0 aliphatic rings. The van der Waals surface area contributed by atoms with Crippen molar-refractivity contribution in [1.29, 1.82) is 0 Å². The van der Waals surface area contributed by atoms with Gasteiger partial charge in [0, 0.05) is 11.4 Å². The molecule has 0 aromatic carbocycles. The van der Waals surface area contributed by atoms with E-state index in [0.29, 0.717) is 12.8 Å². The summed E-state index contributed by atoms with van der Waals surface area (Å²) >= 11 is -2.04. The third-order valence-corrected chi connectivity index (χ3v) is 2.49. The molecule has 3 nitrogen and oxygen atoms in total. The van der Waals surface area contributed by atoms with E-state index in [1.807, 2.05) is 0 Å². The van der Waals surface area contributed by atoms with Gasteiger partial charge in [0.15, 0.2) is 0 Å². The van der Waals surface area contributed by atoms with E-state index in [1.165, 1.54) is 0 Å². The van der Waals surface area contributed by atoms with Crippen molar-refractivity contribution in [1.82, 2.24) is 0 Å². The van der Waals surface area contributed by atoms with Gasteiger partial charge in [0.2, 0.25) is 0 Å². The molecule has 0 fully saturated rings. The maximum absolute atomic E-state index is 10.4. The Balaban J connectivity index is 3.75. The van der Waals surface area contributed by atoms with Gasteiger partial charge in [-0.2, -0.15) is 0 Å². The molecular formula is C6H13O3S-. The van der Waals surface area contributed by atoms with Crippen molar-refractivity contribution in [2.45, 2.75) is 31.4 Å². The molecule has 0 heterocycles. The largest absolute Gasteiger partial charge is 0.772 e. The van der Waals surface area contributed by atoms with Crippen molar-refractivity contribution in [2.24, 2.45) is 0 Å². The molecule has 1 unspecified atom stereocenters. The van der Waals surface area contributed by atoms with Crippen LogP contribution in [0.2, 0.25) is 0 Å². The number of rotatable bonds is 4. The number of hydrogen-bond acceptors (Lipinski definition) is 3. The summed E-state index contributed by atoms with van der Waals surface area (Å²) in [6.07, 6.45) is 1.06. The van der Waals surface area contributed by atoms with Gasteiger partial charge < -0.3 is 9.66 Å². The highest BCUT2D eigenvalue weighted by Crippen LogP contribution is 2.17. The first-order valence-corrected chi connectivity index (χ1v) is 4.28. The van der Waals surface area contributed by atoms with Crippen molar-refractivity contribution in [2.75, 3.05) is 6.61 Å². The Morgan fingerprint density at radius 3 is 2.40 bits per heavy atom. The summed E-state index contributed by atoms with van der Waals surface area (Å²) in [6, 6.07) is 0. The average molecular weight is 165 g/mol. The lowest BCUT2D eigenvalue weighted by molar-refractivity contribution is 0.277. The van der Waals surface area contributed by atoms with E-state index < -0.39 is 15.8 Å². The molecule has 0 saturated carbocycles. The standard InChI is InChI=1S/C6H14O3S/c1-6(2,10(8)9)4-3-5-7/h7H,3-5H2,1-2H3,(H,8,9)/p-1. The van der Waals surface area contributed by atoms with Crippen molar-refractivity contribution in [3.63, 3.8) is 0 Å². The average Bonchev–Trinajstić information content (AvgIpc) is 1.84. The van der Waals surface area contributed by atoms with Gasteiger partial charge in [0.05, 0.1) is 0 Å². The van der Waals surface area contributed by atoms with Gasteiger partial charge in [-0.25, -0.2) is 0 Å². The molecule has 0 amide bonds. The highest BCUT2D eigenvalue weighted by molar-refractivity contribution is 7.80. The second-order valence-corrected chi connectivity index (χ2v) is 4.40. The number of aliphatic hydroxyl groups is 1. The molecule has 0 saturated heterocycles. The second kappa shape index (κ2) is 4.05. The van der Waals surface area contributed by atoms with Crippen LogP contribution in [0.15, 0.2) is 0 Å². The first kappa shape index (κ1) is 10.1. The third-order valence-electron chi connectivity index (χ3n) is 1.39. The van der Waals surface area contributed by atoms with E-state index in [2.05, 4.69) is 0 Å². The molecule has 0 radical (unpaired) electrons. The maximum Gasteiger partial charge on any atom is 0.0431 e. The fourth-order valence-corrected chi connectivity index (χ4v) is 0.899. The highest BCUT2D eigenvalue weighted by Gasteiger charge is 2.17. The molecule has 1 atom stereocenters. The zero-order valence-corrected chi connectivity index (χ0v) is 7.11. The molecule has 0 rings (SSSR count). The highest BCUT2D eigenvalue weighted by atomic mass is 32.2. The van der Waals surface area contributed by atoms with Crippen LogP contribution in [0.4, 0.5) is 0 Å². The lowest BCUT2D eigenvalue weighted by Gasteiger charge is -2.26. The van der Waals surface area contributed by atoms with Crippen LogP contribution in [-0.2, 0) is 11.1 Å². The number of hydrogen-bond donors (Lipinski definition) is 1. The fourth-order valence-electron chi connectivity index (χ4n) is 0.588. The van der Waals surface area contributed by atoms with Gasteiger partial charge in [-0.15, -0.1) is 0 Å². The van der Waals surface area contributed by atoms with Crippen LogP contribution in [0.1, 0.15) is 26.7 Å². The quantitative estimate of drug-likeness (QED) is 0.614. The molecule has 62 valence electrons. The summed E-state index contributed by atoms with van der Waals surface area (Å²) in [5.41, 5.74) is 0. The van der Waals surface area contributed by atoms with E-state index in [1.54, 1.807) is 13.8 Å². The van der Waals surface area contributed by atoms with Crippen LogP contribution in [0, 0.1) is 0 Å². The Labute approximate surface area is 63.7 Å². The Hall–Kier alpha value is 0.0700. The minimum atomic E-state index is -2.04. The molecule has 0 aromatic heterocycles. The Bertz CT molecular complexity index is 122. The lowest BCUT2D eigenvalue weighted by Crippen LogP contribution is -2.26. The van der Waals surface area contributed by atoms with Crippen LogP contribution >= 0.6 is 0 Å². The van der Waals surface area contributed by atoms with Crippen LogP contribution in [0.5, 0.6) is 0 Å². The molecule has 10 heavy (non-hydrogen) atoms. The fraction of sp³-hybridized carbons (Fsp3) is 1.00. The smallest absolute Gasteiger partial charge is 0.0431 e. The second-order valence-electron chi connectivity index (χ2n) is 2.82. The van der Waals surface area contributed by atoms with Crippen LogP contribution in [0.25, 0.3) is 0 Å². The first-order valence-electron chi connectivity index (χ1n) is 3.21. The molecular weight excluding hydrogens is 152 g/mol. The minimum absolute atomic E-state index is 0.0562.